The first-order chi connectivity index (χ1) is 9.66. The van der Waals surface area contributed by atoms with Gasteiger partial charge in [0, 0.05) is 15.6 Å². The smallest absolute Gasteiger partial charge is 0.160 e. The molecular weight excluding hydrogens is 316 g/mol. The summed E-state index contributed by atoms with van der Waals surface area (Å²) < 4.78 is 2.43. The van der Waals surface area contributed by atoms with Crippen molar-refractivity contribution >= 4 is 21.7 Å². The van der Waals surface area contributed by atoms with Crippen LogP contribution in [0.4, 0.5) is 5.82 Å². The van der Waals surface area contributed by atoms with Crippen LogP contribution in [0.1, 0.15) is 0 Å². The van der Waals surface area contributed by atoms with E-state index in [1.165, 1.54) is 4.68 Å². The number of rotatable bonds is 2. The van der Waals surface area contributed by atoms with Crippen LogP contribution in [0.25, 0.3) is 22.6 Å². The van der Waals surface area contributed by atoms with Crippen LogP contribution in [-0.4, -0.2) is 9.66 Å². The summed E-state index contributed by atoms with van der Waals surface area (Å²) in [7, 11) is 0. The zero-order valence-corrected chi connectivity index (χ0v) is 12.2. The molecule has 0 fully saturated rings. The molecule has 0 atom stereocenters. The molecule has 0 amide bonds. The Bertz CT molecular complexity index is 733. The average molecular weight is 329 g/mol. The van der Waals surface area contributed by atoms with E-state index in [1.54, 1.807) is 0 Å². The molecule has 4 nitrogen and oxygen atoms in total. The first kappa shape index (κ1) is 12.7. The van der Waals surface area contributed by atoms with E-state index >= 15 is 0 Å². The van der Waals surface area contributed by atoms with Crippen molar-refractivity contribution < 1.29 is 0 Å². The monoisotopic (exact) mass is 328 g/mol. The highest BCUT2D eigenvalue weighted by molar-refractivity contribution is 9.10. The van der Waals surface area contributed by atoms with Gasteiger partial charge < -0.3 is 11.6 Å². The predicted octanol–water partition coefficient (Wildman–Crippen LogP) is 3.28. The Labute approximate surface area is 125 Å². The zero-order chi connectivity index (χ0) is 14.1. The quantitative estimate of drug-likeness (QED) is 0.709. The molecule has 0 aliphatic carbocycles. The van der Waals surface area contributed by atoms with E-state index in [0.717, 1.165) is 15.6 Å². The number of hydrogen-bond acceptors (Lipinski definition) is 3. The second kappa shape index (κ2) is 5.02. The van der Waals surface area contributed by atoms with Crippen molar-refractivity contribution in [3.63, 3.8) is 0 Å². The Balaban J connectivity index is 2.13. The van der Waals surface area contributed by atoms with E-state index < -0.39 is 0 Å². The van der Waals surface area contributed by atoms with Gasteiger partial charge in [-0.2, -0.15) is 0 Å². The number of hydrogen-bond donors (Lipinski definition) is 2. The minimum Gasteiger partial charge on any atom is -0.382 e. The van der Waals surface area contributed by atoms with Crippen LogP contribution in [0, 0.1) is 0 Å². The van der Waals surface area contributed by atoms with Gasteiger partial charge in [-0.1, -0.05) is 58.4 Å². The van der Waals surface area contributed by atoms with Crippen LogP contribution in [0.3, 0.4) is 0 Å². The molecule has 3 aromatic rings. The maximum absolute atomic E-state index is 6.07. The summed E-state index contributed by atoms with van der Waals surface area (Å²) in [5, 5.41) is 0. The summed E-state index contributed by atoms with van der Waals surface area (Å²) in [4.78, 5) is 4.58. The molecule has 5 heteroatoms. The van der Waals surface area contributed by atoms with Crippen LogP contribution in [-0.2, 0) is 0 Å². The molecule has 0 spiro atoms. The summed E-state index contributed by atoms with van der Waals surface area (Å²) in [6.07, 6.45) is 0. The van der Waals surface area contributed by atoms with Crippen molar-refractivity contribution in [2.45, 2.75) is 0 Å². The number of nitrogen functional groups attached to an aromatic ring is 2. The molecule has 1 heterocycles. The van der Waals surface area contributed by atoms with E-state index in [-0.39, 0.29) is 0 Å². The molecule has 4 N–H and O–H groups in total. The first-order valence-corrected chi connectivity index (χ1v) is 6.91. The molecule has 2 aromatic carbocycles. The van der Waals surface area contributed by atoms with Crippen molar-refractivity contribution in [1.82, 2.24) is 9.66 Å². The number of benzene rings is 2. The molecular formula is C15H13BrN4. The third kappa shape index (κ3) is 2.16. The lowest BCUT2D eigenvalue weighted by Crippen LogP contribution is -2.13. The minimum atomic E-state index is 0.450. The van der Waals surface area contributed by atoms with Gasteiger partial charge >= 0.3 is 0 Å². The molecule has 0 saturated carbocycles. The van der Waals surface area contributed by atoms with Gasteiger partial charge in [-0.25, -0.2) is 9.66 Å². The number of halogens is 1. The van der Waals surface area contributed by atoms with E-state index in [0.29, 0.717) is 17.3 Å². The summed E-state index contributed by atoms with van der Waals surface area (Å²) in [5.74, 6) is 7.13. The maximum atomic E-state index is 6.07. The molecule has 0 aliphatic rings. The van der Waals surface area contributed by atoms with Gasteiger partial charge in [0.25, 0.3) is 0 Å². The average Bonchev–Trinajstić information content (AvgIpc) is 2.77. The third-order valence-electron chi connectivity index (χ3n) is 3.10. The lowest BCUT2D eigenvalue weighted by Gasteiger charge is -2.02. The highest BCUT2D eigenvalue weighted by Crippen LogP contribution is 2.29. The SMILES string of the molecule is Nc1c(-c2ccc(Br)cc2)nc(-c2ccccc2)n1N. The van der Waals surface area contributed by atoms with Crippen molar-refractivity contribution in [3.8, 4) is 22.6 Å². The Morgan fingerprint density at radius 1 is 0.900 bits per heavy atom. The lowest BCUT2D eigenvalue weighted by molar-refractivity contribution is 1.02. The van der Waals surface area contributed by atoms with Crippen LogP contribution >= 0.6 is 15.9 Å². The van der Waals surface area contributed by atoms with Gasteiger partial charge in [-0.05, 0) is 12.1 Å². The van der Waals surface area contributed by atoms with E-state index in [2.05, 4.69) is 20.9 Å². The Hall–Kier alpha value is -2.27. The van der Waals surface area contributed by atoms with Gasteiger partial charge in [-0.3, -0.25) is 0 Å². The summed E-state index contributed by atoms with van der Waals surface area (Å²) >= 11 is 3.41. The molecule has 20 heavy (non-hydrogen) atoms. The highest BCUT2D eigenvalue weighted by Gasteiger charge is 2.15. The largest absolute Gasteiger partial charge is 0.382 e. The van der Waals surface area contributed by atoms with Crippen LogP contribution in [0.15, 0.2) is 59.1 Å². The van der Waals surface area contributed by atoms with E-state index in [1.807, 2.05) is 54.6 Å². The molecule has 3 rings (SSSR count). The van der Waals surface area contributed by atoms with Gasteiger partial charge in [0.1, 0.15) is 5.69 Å². The number of aromatic nitrogens is 2. The minimum absolute atomic E-state index is 0.450. The summed E-state index contributed by atoms with van der Waals surface area (Å²) in [6.45, 7) is 0. The Morgan fingerprint density at radius 2 is 1.55 bits per heavy atom. The van der Waals surface area contributed by atoms with Gasteiger partial charge in [0.15, 0.2) is 11.6 Å². The summed E-state index contributed by atoms with van der Waals surface area (Å²) in [6, 6.07) is 17.6. The van der Waals surface area contributed by atoms with E-state index in [4.69, 9.17) is 11.6 Å². The second-order valence-corrected chi connectivity index (χ2v) is 5.33. The lowest BCUT2D eigenvalue weighted by atomic mass is 10.1. The molecule has 0 unspecified atom stereocenters. The van der Waals surface area contributed by atoms with Crippen molar-refractivity contribution in [3.05, 3.63) is 59.1 Å². The molecule has 0 radical (unpaired) electrons. The highest BCUT2D eigenvalue weighted by atomic mass is 79.9. The normalized spacial score (nSPS) is 10.7. The van der Waals surface area contributed by atoms with Crippen molar-refractivity contribution in [2.24, 2.45) is 0 Å². The van der Waals surface area contributed by atoms with Crippen molar-refractivity contribution in [2.75, 3.05) is 11.6 Å². The topological polar surface area (TPSA) is 69.9 Å². The molecule has 0 bridgehead atoms. The summed E-state index contributed by atoms with van der Waals surface area (Å²) in [5.41, 5.74) is 8.64. The van der Waals surface area contributed by atoms with Crippen LogP contribution in [0.5, 0.6) is 0 Å². The maximum Gasteiger partial charge on any atom is 0.160 e. The number of nitrogens with two attached hydrogens (primary N) is 2. The fourth-order valence-electron chi connectivity index (χ4n) is 2.06. The predicted molar refractivity (Wildman–Crippen MR) is 85.4 cm³/mol. The molecule has 0 saturated heterocycles. The van der Waals surface area contributed by atoms with Gasteiger partial charge in [0.05, 0.1) is 0 Å². The third-order valence-corrected chi connectivity index (χ3v) is 3.63. The fraction of sp³-hybridized carbons (Fsp3) is 0. The number of nitrogens with zero attached hydrogens (tertiary/aromatic N) is 2. The second-order valence-electron chi connectivity index (χ2n) is 4.41. The Kier molecular flexibility index (Phi) is 3.20. The van der Waals surface area contributed by atoms with Crippen molar-refractivity contribution in [1.29, 1.82) is 0 Å². The standard InChI is InChI=1S/C15H13BrN4/c16-12-8-6-10(7-9-12)13-14(17)20(18)15(19-13)11-4-2-1-3-5-11/h1-9H,17-18H2. The molecule has 0 aliphatic heterocycles. The Morgan fingerprint density at radius 3 is 2.20 bits per heavy atom. The first-order valence-electron chi connectivity index (χ1n) is 6.11. The fourth-order valence-corrected chi connectivity index (χ4v) is 2.32. The van der Waals surface area contributed by atoms with E-state index in [9.17, 15) is 0 Å². The van der Waals surface area contributed by atoms with Crippen LogP contribution in [0.2, 0.25) is 0 Å². The number of imidazole rings is 1. The molecule has 100 valence electrons. The van der Waals surface area contributed by atoms with Crippen LogP contribution < -0.4 is 11.6 Å². The van der Waals surface area contributed by atoms with Gasteiger partial charge in [0.2, 0.25) is 0 Å². The number of anilines is 1. The zero-order valence-electron chi connectivity index (χ0n) is 10.6. The molecule has 1 aromatic heterocycles. The van der Waals surface area contributed by atoms with Gasteiger partial charge in [-0.15, -0.1) is 0 Å².